The number of halogens is 12. The Kier molecular flexibility index (Phi) is 14.2. The number of benzene rings is 4. The van der Waals surface area contributed by atoms with Crippen LogP contribution < -0.4 is 9.47 Å². The van der Waals surface area contributed by atoms with Crippen LogP contribution in [-0.4, -0.2) is 39.4 Å². The van der Waals surface area contributed by atoms with Crippen LogP contribution in [0.4, 0.5) is 52.7 Å². The van der Waals surface area contributed by atoms with Crippen molar-refractivity contribution < 1.29 is 81.2 Å². The van der Waals surface area contributed by atoms with Crippen molar-refractivity contribution in [2.75, 3.05) is 27.4 Å². The Hall–Kier alpha value is -5.59. The molecule has 0 radical (unpaired) electrons. The number of alkyl halides is 12. The average Bonchev–Trinajstić information content (AvgIpc) is 3.14. The SMILES string of the molecule is CCOC(=O)/C=C/c1c(-c2ccccc2OC)cc(Sc2cc(-c3ccccc3OC)c(/C=C/C(=O)OCC)c(C(F)(F)F)c2C(F)(F)F)c(C(F)(F)F)c1C(F)(F)F. The molecule has 0 saturated carbocycles. The van der Waals surface area contributed by atoms with E-state index in [9.17, 15) is 9.59 Å². The molecule has 0 bridgehead atoms. The lowest BCUT2D eigenvalue weighted by Crippen LogP contribution is -2.22. The Labute approximate surface area is 332 Å². The first-order chi connectivity index (χ1) is 27.5. The van der Waals surface area contributed by atoms with Crippen molar-refractivity contribution >= 4 is 35.9 Å². The van der Waals surface area contributed by atoms with E-state index in [1.807, 2.05) is 0 Å². The van der Waals surface area contributed by atoms with Crippen molar-refractivity contribution in [2.24, 2.45) is 0 Å². The quantitative estimate of drug-likeness (QED) is 0.0798. The summed E-state index contributed by atoms with van der Waals surface area (Å²) in [5, 5.41) is 0. The van der Waals surface area contributed by atoms with Crippen molar-refractivity contribution in [1.82, 2.24) is 0 Å². The molecule has 6 nitrogen and oxygen atoms in total. The Balaban J connectivity index is 2.33. The third kappa shape index (κ3) is 10.5. The van der Waals surface area contributed by atoms with Crippen LogP contribution in [0.1, 0.15) is 47.2 Å². The van der Waals surface area contributed by atoms with Crippen LogP contribution in [-0.2, 0) is 43.8 Å². The van der Waals surface area contributed by atoms with Crippen molar-refractivity contribution in [2.45, 2.75) is 48.3 Å². The number of ether oxygens (including phenoxy) is 4. The zero-order valence-corrected chi connectivity index (χ0v) is 31.7. The molecular weight excluding hydrogens is 836 g/mol. The summed E-state index contributed by atoms with van der Waals surface area (Å²) in [5.74, 6) is -3.02. The van der Waals surface area contributed by atoms with Crippen LogP contribution in [0.2, 0.25) is 0 Å². The predicted molar refractivity (Wildman–Crippen MR) is 192 cm³/mol. The minimum absolute atomic E-state index is 0.242. The van der Waals surface area contributed by atoms with E-state index in [2.05, 4.69) is 9.47 Å². The van der Waals surface area contributed by atoms with Gasteiger partial charge >= 0.3 is 36.6 Å². The molecule has 0 aliphatic carbocycles. The molecule has 0 spiro atoms. The van der Waals surface area contributed by atoms with Gasteiger partial charge in [-0.15, -0.1) is 0 Å². The van der Waals surface area contributed by atoms with E-state index < -0.39 is 103 Å². The van der Waals surface area contributed by atoms with E-state index in [-0.39, 0.29) is 35.8 Å². The molecular formula is C40H30F12O6S. The Morgan fingerprint density at radius 2 is 0.847 bits per heavy atom. The molecule has 0 aliphatic heterocycles. The summed E-state index contributed by atoms with van der Waals surface area (Å²) >= 11 is -0.671. The summed E-state index contributed by atoms with van der Waals surface area (Å²) < 4.78 is 202. The lowest BCUT2D eigenvalue weighted by Gasteiger charge is -2.27. The van der Waals surface area contributed by atoms with Crippen molar-refractivity contribution in [3.05, 3.63) is 106 Å². The van der Waals surface area contributed by atoms with Gasteiger partial charge in [0.25, 0.3) is 0 Å². The van der Waals surface area contributed by atoms with Gasteiger partial charge in [-0.2, -0.15) is 52.7 Å². The molecule has 316 valence electrons. The van der Waals surface area contributed by atoms with E-state index in [1.165, 1.54) is 50.2 Å². The summed E-state index contributed by atoms with van der Waals surface area (Å²) in [5.41, 5.74) is -15.0. The molecule has 4 aromatic carbocycles. The molecule has 0 atom stereocenters. The van der Waals surface area contributed by atoms with Gasteiger partial charge in [0.15, 0.2) is 0 Å². The largest absolute Gasteiger partial charge is 0.496 e. The van der Waals surface area contributed by atoms with E-state index in [0.29, 0.717) is 36.4 Å². The highest BCUT2D eigenvalue weighted by atomic mass is 32.2. The van der Waals surface area contributed by atoms with Crippen molar-refractivity contribution in [1.29, 1.82) is 0 Å². The fourth-order valence-electron chi connectivity index (χ4n) is 5.99. The maximum Gasteiger partial charge on any atom is 0.418 e. The summed E-state index contributed by atoms with van der Waals surface area (Å²) in [6, 6.07) is 10.6. The number of carbonyl (C=O) groups excluding carboxylic acids is 2. The summed E-state index contributed by atoms with van der Waals surface area (Å²) in [4.78, 5) is 21.3. The zero-order valence-electron chi connectivity index (χ0n) is 30.9. The van der Waals surface area contributed by atoms with Gasteiger partial charge in [0, 0.05) is 33.1 Å². The van der Waals surface area contributed by atoms with Gasteiger partial charge in [-0.3, -0.25) is 0 Å². The highest BCUT2D eigenvalue weighted by Gasteiger charge is 2.50. The van der Waals surface area contributed by atoms with Gasteiger partial charge in [-0.05, 0) is 72.5 Å². The second kappa shape index (κ2) is 18.1. The number of carbonyl (C=O) groups is 2. The van der Waals surface area contributed by atoms with E-state index >= 15 is 52.7 Å². The summed E-state index contributed by atoms with van der Waals surface area (Å²) in [7, 11) is 2.12. The van der Waals surface area contributed by atoms with Crippen LogP contribution in [0.15, 0.2) is 82.6 Å². The molecule has 19 heteroatoms. The van der Waals surface area contributed by atoms with Crippen LogP contribution in [0, 0.1) is 0 Å². The van der Waals surface area contributed by atoms with Gasteiger partial charge in [0.05, 0.1) is 49.7 Å². The highest BCUT2D eigenvalue weighted by Crippen LogP contribution is 2.56. The molecule has 0 unspecified atom stereocenters. The molecule has 0 aromatic heterocycles. The second-order valence-corrected chi connectivity index (χ2v) is 12.9. The number of esters is 2. The van der Waals surface area contributed by atoms with Crippen molar-refractivity contribution in [3.63, 3.8) is 0 Å². The fourth-order valence-corrected chi connectivity index (χ4v) is 7.22. The van der Waals surface area contributed by atoms with E-state index in [4.69, 9.17) is 9.47 Å². The van der Waals surface area contributed by atoms with Crippen molar-refractivity contribution in [3.8, 4) is 33.8 Å². The molecule has 0 amide bonds. The number of hydrogen-bond acceptors (Lipinski definition) is 7. The number of hydrogen-bond donors (Lipinski definition) is 0. The molecule has 4 aromatic rings. The summed E-state index contributed by atoms with van der Waals surface area (Å²) in [6.07, 6.45) is -22.5. The predicted octanol–water partition coefficient (Wildman–Crippen LogP) is 12.4. The Morgan fingerprint density at radius 3 is 1.14 bits per heavy atom. The van der Waals surface area contributed by atoms with Crippen LogP contribution in [0.25, 0.3) is 34.4 Å². The molecule has 0 heterocycles. The monoisotopic (exact) mass is 866 g/mol. The van der Waals surface area contributed by atoms with Gasteiger partial charge in [-0.25, -0.2) is 9.59 Å². The highest BCUT2D eigenvalue weighted by molar-refractivity contribution is 7.99. The maximum absolute atomic E-state index is 15.1. The summed E-state index contributed by atoms with van der Waals surface area (Å²) in [6.45, 7) is 2.10. The Morgan fingerprint density at radius 1 is 0.525 bits per heavy atom. The number of rotatable bonds is 12. The van der Waals surface area contributed by atoms with Crippen LogP contribution in [0.3, 0.4) is 0 Å². The smallest absolute Gasteiger partial charge is 0.418 e. The van der Waals surface area contributed by atoms with E-state index in [0.717, 1.165) is 26.4 Å². The zero-order chi connectivity index (χ0) is 44.1. The number of methoxy groups -OCH3 is 2. The molecule has 0 saturated heterocycles. The molecule has 59 heavy (non-hydrogen) atoms. The lowest BCUT2D eigenvalue weighted by molar-refractivity contribution is -0.164. The first kappa shape index (κ1) is 46.1. The second-order valence-electron chi connectivity index (χ2n) is 11.8. The van der Waals surface area contributed by atoms with E-state index in [1.54, 1.807) is 0 Å². The molecule has 0 aliphatic rings. The molecule has 4 rings (SSSR count). The van der Waals surface area contributed by atoms with Gasteiger partial charge < -0.3 is 18.9 Å². The third-order valence-electron chi connectivity index (χ3n) is 8.16. The molecule has 0 fully saturated rings. The lowest BCUT2D eigenvalue weighted by atomic mass is 9.90. The first-order valence-corrected chi connectivity index (χ1v) is 17.7. The maximum atomic E-state index is 15.1. The van der Waals surface area contributed by atoms with Crippen LogP contribution >= 0.6 is 11.8 Å². The standard InChI is InChI=1S/C40H30F12O6S/c1-5-57-31(53)17-15-23-25(21-11-7-9-13-27(21)55-3)19-29(35(39(47,48)49)33(23)37(41,42)43)59-30-20-26(22-12-8-10-14-28(22)56-4)24(16-18-32(54)58-6-2)34(38(44,45)46)36(30)40(50,51)52/h7-20H,5-6H2,1-4H3/b17-15+,18-16+. The average molecular weight is 867 g/mol. The first-order valence-electron chi connectivity index (χ1n) is 16.8. The fraction of sp³-hybridized carbons (Fsp3) is 0.250. The third-order valence-corrected chi connectivity index (χ3v) is 9.24. The van der Waals surface area contributed by atoms with Crippen LogP contribution in [0.5, 0.6) is 11.5 Å². The van der Waals surface area contributed by atoms with Gasteiger partial charge in [-0.1, -0.05) is 48.2 Å². The number of para-hydroxylation sites is 2. The minimum atomic E-state index is -6.04. The normalized spacial score (nSPS) is 12.6. The molecule has 0 N–H and O–H groups in total. The Bertz CT molecular complexity index is 2100. The minimum Gasteiger partial charge on any atom is -0.496 e. The van der Waals surface area contributed by atoms with Gasteiger partial charge in [0.1, 0.15) is 11.5 Å². The topological polar surface area (TPSA) is 71.1 Å². The van der Waals surface area contributed by atoms with Gasteiger partial charge in [0.2, 0.25) is 0 Å².